The zero-order valence-electron chi connectivity index (χ0n) is 20.9. The van der Waals surface area contributed by atoms with Crippen LogP contribution in [0.5, 0.6) is 0 Å². The highest BCUT2D eigenvalue weighted by atomic mass is 16.3. The summed E-state index contributed by atoms with van der Waals surface area (Å²) in [6, 6.07) is 0. The Morgan fingerprint density at radius 3 is 2.39 bits per heavy atom. The molecule has 5 aliphatic rings. The van der Waals surface area contributed by atoms with Gasteiger partial charge in [-0.15, -0.1) is 0 Å². The van der Waals surface area contributed by atoms with E-state index in [9.17, 15) is 10.2 Å². The van der Waals surface area contributed by atoms with Crippen LogP contribution < -0.4 is 0 Å². The van der Waals surface area contributed by atoms with E-state index in [1.807, 2.05) is 0 Å². The number of hydrogen-bond donors (Lipinski definition) is 2. The second kappa shape index (κ2) is 7.08. The maximum absolute atomic E-state index is 11.3. The van der Waals surface area contributed by atoms with Crippen LogP contribution in [0.4, 0.5) is 0 Å². The van der Waals surface area contributed by atoms with Gasteiger partial charge in [0.1, 0.15) is 0 Å². The molecule has 5 rings (SSSR count). The van der Waals surface area contributed by atoms with Crippen LogP contribution in [0, 0.1) is 51.2 Å². The smallest absolute Gasteiger partial charge is 0.0577 e. The molecule has 2 spiro atoms. The van der Waals surface area contributed by atoms with Crippen molar-refractivity contribution in [2.24, 2.45) is 51.2 Å². The fourth-order valence-electron chi connectivity index (χ4n) is 10.4. The lowest BCUT2D eigenvalue weighted by molar-refractivity contribution is -0.164. The number of aliphatic hydroxyl groups excluding tert-OH is 2. The van der Waals surface area contributed by atoms with Gasteiger partial charge in [-0.2, -0.15) is 0 Å². The highest BCUT2D eigenvalue weighted by Gasteiger charge is 2.81. The molecule has 2 nitrogen and oxygen atoms in total. The second-order valence-electron chi connectivity index (χ2n) is 13.7. The summed E-state index contributed by atoms with van der Waals surface area (Å²) < 4.78 is 0. The van der Waals surface area contributed by atoms with Gasteiger partial charge in [-0.1, -0.05) is 46.8 Å². The van der Waals surface area contributed by atoms with Crippen LogP contribution in [0.15, 0.2) is 12.2 Å². The van der Waals surface area contributed by atoms with Crippen LogP contribution in [0.2, 0.25) is 0 Å². The Morgan fingerprint density at radius 2 is 1.68 bits per heavy atom. The second-order valence-corrected chi connectivity index (χ2v) is 13.7. The molecular formula is C29H48O2. The van der Waals surface area contributed by atoms with Gasteiger partial charge >= 0.3 is 0 Å². The van der Waals surface area contributed by atoms with Crippen molar-refractivity contribution in [3.05, 3.63) is 12.2 Å². The zero-order chi connectivity index (χ0) is 22.4. The van der Waals surface area contributed by atoms with Crippen LogP contribution in [0.1, 0.15) is 105 Å². The molecule has 0 radical (unpaired) electrons. The molecule has 0 unspecified atom stereocenters. The van der Waals surface area contributed by atoms with E-state index in [4.69, 9.17) is 0 Å². The minimum atomic E-state index is -0.194. The molecule has 0 aromatic carbocycles. The highest BCUT2D eigenvalue weighted by molar-refractivity contribution is 5.30. The third kappa shape index (κ3) is 2.82. The van der Waals surface area contributed by atoms with E-state index < -0.39 is 0 Å². The lowest BCUT2D eigenvalue weighted by Crippen LogP contribution is -2.57. The SMILES string of the molecule is C=C(CC[C@@H](C)[C@H]1CC[C@@]2(C)[C@@H]3C[C@@H](O)[C@H]4C[C@@H](O)CC[C@@]45C[C@@]35CC[C@]12C)C(C)C. The van der Waals surface area contributed by atoms with Crippen molar-refractivity contribution in [2.75, 3.05) is 0 Å². The van der Waals surface area contributed by atoms with Crippen molar-refractivity contribution in [1.29, 1.82) is 0 Å². The molecule has 0 bridgehead atoms. The molecule has 0 aliphatic heterocycles. The summed E-state index contributed by atoms with van der Waals surface area (Å²) in [6.07, 6.45) is 12.9. The molecule has 2 N–H and O–H groups in total. The molecule has 5 fully saturated rings. The molecular weight excluding hydrogens is 380 g/mol. The molecule has 0 aromatic rings. The van der Waals surface area contributed by atoms with E-state index in [1.165, 1.54) is 50.5 Å². The molecule has 0 saturated heterocycles. The van der Waals surface area contributed by atoms with E-state index in [0.29, 0.717) is 39.4 Å². The Hall–Kier alpha value is -0.340. The van der Waals surface area contributed by atoms with Gasteiger partial charge in [0.25, 0.3) is 0 Å². The van der Waals surface area contributed by atoms with Crippen molar-refractivity contribution < 1.29 is 10.2 Å². The standard InChI is InChI=1S/C29H48O2/c1-18(2)19(3)7-8-20(4)22-10-11-27(6)25-16-24(31)23-15-21(30)9-12-28(23)17-29(25,28)14-13-26(22,27)5/h18,20-25,30-31H,3,7-17H2,1-2,4-6H3/t20-,21+,22-,23-,24-,25+,26-,27+,28-,29+/m1/s1. The van der Waals surface area contributed by atoms with Crippen molar-refractivity contribution in [2.45, 2.75) is 117 Å². The van der Waals surface area contributed by atoms with E-state index in [-0.39, 0.29) is 12.2 Å². The lowest BCUT2D eigenvalue weighted by atomic mass is 9.43. The van der Waals surface area contributed by atoms with Crippen molar-refractivity contribution in [1.82, 2.24) is 0 Å². The van der Waals surface area contributed by atoms with Crippen molar-refractivity contribution >= 4 is 0 Å². The number of hydrogen-bond acceptors (Lipinski definition) is 2. The Balaban J connectivity index is 1.39. The molecule has 31 heavy (non-hydrogen) atoms. The van der Waals surface area contributed by atoms with Gasteiger partial charge in [0.15, 0.2) is 0 Å². The lowest BCUT2D eigenvalue weighted by Gasteiger charge is -2.62. The van der Waals surface area contributed by atoms with E-state index in [1.54, 1.807) is 0 Å². The van der Waals surface area contributed by atoms with Gasteiger partial charge in [0.05, 0.1) is 12.2 Å². The predicted octanol–water partition coefficient (Wildman–Crippen LogP) is 6.75. The van der Waals surface area contributed by atoms with Gasteiger partial charge in [-0.05, 0) is 122 Å². The molecule has 5 saturated carbocycles. The zero-order valence-corrected chi connectivity index (χ0v) is 20.9. The summed E-state index contributed by atoms with van der Waals surface area (Å²) in [4.78, 5) is 0. The first kappa shape index (κ1) is 22.5. The molecule has 10 atom stereocenters. The summed E-state index contributed by atoms with van der Waals surface area (Å²) in [5.41, 5.74) is 3.03. The molecule has 0 aromatic heterocycles. The third-order valence-corrected chi connectivity index (χ3v) is 12.6. The largest absolute Gasteiger partial charge is 0.393 e. The molecule has 0 amide bonds. The molecule has 0 heterocycles. The maximum atomic E-state index is 11.3. The Kier molecular flexibility index (Phi) is 5.13. The normalized spacial score (nSPS) is 53.9. The third-order valence-electron chi connectivity index (χ3n) is 12.6. The summed E-state index contributed by atoms with van der Waals surface area (Å²) in [6.45, 7) is 16.7. The maximum Gasteiger partial charge on any atom is 0.0577 e. The minimum absolute atomic E-state index is 0.179. The summed E-state index contributed by atoms with van der Waals surface area (Å²) >= 11 is 0. The van der Waals surface area contributed by atoms with Gasteiger partial charge in [-0.25, -0.2) is 0 Å². The Bertz CT molecular complexity index is 743. The first-order chi connectivity index (χ1) is 14.5. The van der Waals surface area contributed by atoms with Gasteiger partial charge in [0, 0.05) is 0 Å². The van der Waals surface area contributed by atoms with Crippen molar-refractivity contribution in [3.63, 3.8) is 0 Å². The number of aliphatic hydroxyl groups is 2. The molecule has 176 valence electrons. The predicted molar refractivity (Wildman–Crippen MR) is 127 cm³/mol. The Morgan fingerprint density at radius 1 is 0.935 bits per heavy atom. The van der Waals surface area contributed by atoms with Gasteiger partial charge in [0.2, 0.25) is 0 Å². The van der Waals surface area contributed by atoms with Crippen LogP contribution in [0.25, 0.3) is 0 Å². The fourth-order valence-corrected chi connectivity index (χ4v) is 10.4. The van der Waals surface area contributed by atoms with E-state index in [0.717, 1.165) is 37.5 Å². The van der Waals surface area contributed by atoms with Crippen LogP contribution >= 0.6 is 0 Å². The van der Waals surface area contributed by atoms with Gasteiger partial charge < -0.3 is 10.2 Å². The highest BCUT2D eigenvalue weighted by Crippen LogP contribution is 2.87. The van der Waals surface area contributed by atoms with Crippen LogP contribution in [-0.2, 0) is 0 Å². The summed E-state index contributed by atoms with van der Waals surface area (Å²) in [5.74, 6) is 3.22. The average Bonchev–Trinajstić information content (AvgIpc) is 3.29. The first-order valence-corrected chi connectivity index (χ1v) is 13.5. The topological polar surface area (TPSA) is 40.5 Å². The number of allylic oxidation sites excluding steroid dienone is 1. The molecule has 5 aliphatic carbocycles. The quantitative estimate of drug-likeness (QED) is 0.475. The minimum Gasteiger partial charge on any atom is -0.393 e. The molecule has 2 heteroatoms. The number of rotatable bonds is 5. The van der Waals surface area contributed by atoms with Gasteiger partial charge in [-0.3, -0.25) is 0 Å². The number of fused-ring (bicyclic) bond motifs is 2. The summed E-state index contributed by atoms with van der Waals surface area (Å²) in [7, 11) is 0. The average molecular weight is 429 g/mol. The first-order valence-electron chi connectivity index (χ1n) is 13.5. The Labute approximate surface area is 191 Å². The van der Waals surface area contributed by atoms with E-state index in [2.05, 4.69) is 41.2 Å². The monoisotopic (exact) mass is 428 g/mol. The van der Waals surface area contributed by atoms with Crippen LogP contribution in [-0.4, -0.2) is 22.4 Å². The van der Waals surface area contributed by atoms with Crippen LogP contribution in [0.3, 0.4) is 0 Å². The van der Waals surface area contributed by atoms with E-state index >= 15 is 0 Å². The van der Waals surface area contributed by atoms with Crippen molar-refractivity contribution in [3.8, 4) is 0 Å². The summed E-state index contributed by atoms with van der Waals surface area (Å²) in [5, 5.41) is 21.7. The fraction of sp³-hybridized carbons (Fsp3) is 0.931.